The summed E-state index contributed by atoms with van der Waals surface area (Å²) < 4.78 is 29.7. The number of pyridine rings is 1. The summed E-state index contributed by atoms with van der Waals surface area (Å²) in [6, 6.07) is 3.74. The first kappa shape index (κ1) is 14.9. The minimum atomic E-state index is -2.81. The molecule has 0 bridgehead atoms. The van der Waals surface area contributed by atoms with Gasteiger partial charge in [0.1, 0.15) is 0 Å². The molecule has 0 aliphatic carbocycles. The molecule has 0 amide bonds. The maximum atomic E-state index is 12.4. The monoisotopic (exact) mass is 318 g/mol. The molecule has 1 N–H and O–H groups in total. The molecule has 0 aliphatic heterocycles. The van der Waals surface area contributed by atoms with Gasteiger partial charge in [-0.25, -0.2) is 9.97 Å². The zero-order chi connectivity index (χ0) is 16.2. The standard InChI is InChI=1S/C14H12F2N6O/c1-8(9-3-2-4-17-5-9)20-14-18-6-10(7-19-14)12-21-22-13(23-12)11(15)16/h2-8,11H,1H3,(H,18,19,20). The predicted octanol–water partition coefficient (Wildman–Crippen LogP) is 3.03. The van der Waals surface area contributed by atoms with Gasteiger partial charge in [-0.1, -0.05) is 6.07 Å². The van der Waals surface area contributed by atoms with Crippen molar-refractivity contribution in [3.8, 4) is 11.5 Å². The van der Waals surface area contributed by atoms with Crippen LogP contribution in [0.25, 0.3) is 11.5 Å². The molecule has 9 heteroatoms. The Morgan fingerprint density at radius 3 is 2.52 bits per heavy atom. The van der Waals surface area contributed by atoms with Crippen molar-refractivity contribution in [3.05, 3.63) is 48.4 Å². The predicted molar refractivity (Wildman–Crippen MR) is 76.6 cm³/mol. The molecule has 0 fully saturated rings. The first-order valence-corrected chi connectivity index (χ1v) is 6.74. The summed E-state index contributed by atoms with van der Waals surface area (Å²) in [7, 11) is 0. The lowest BCUT2D eigenvalue weighted by molar-refractivity contribution is 0.116. The van der Waals surface area contributed by atoms with E-state index < -0.39 is 12.3 Å². The van der Waals surface area contributed by atoms with Crippen molar-refractivity contribution in [2.75, 3.05) is 5.32 Å². The first-order chi connectivity index (χ1) is 11.1. The maximum Gasteiger partial charge on any atom is 0.314 e. The molecule has 3 aromatic rings. The molecule has 1 unspecified atom stereocenters. The van der Waals surface area contributed by atoms with E-state index >= 15 is 0 Å². The smallest absolute Gasteiger partial charge is 0.314 e. The van der Waals surface area contributed by atoms with Gasteiger partial charge in [0.2, 0.25) is 5.95 Å². The van der Waals surface area contributed by atoms with Gasteiger partial charge in [-0.2, -0.15) is 8.78 Å². The highest BCUT2D eigenvalue weighted by Crippen LogP contribution is 2.23. The van der Waals surface area contributed by atoms with Crippen LogP contribution in [-0.4, -0.2) is 25.1 Å². The molecule has 23 heavy (non-hydrogen) atoms. The molecule has 0 aliphatic rings. The number of hydrogen-bond acceptors (Lipinski definition) is 7. The summed E-state index contributed by atoms with van der Waals surface area (Å²) in [6.07, 6.45) is 3.48. The Morgan fingerprint density at radius 2 is 1.91 bits per heavy atom. The SMILES string of the molecule is CC(Nc1ncc(-c2nnc(C(F)F)o2)cn1)c1cccnc1. The lowest BCUT2D eigenvalue weighted by atomic mass is 10.1. The van der Waals surface area contributed by atoms with Crippen molar-refractivity contribution in [2.45, 2.75) is 19.4 Å². The second-order valence-corrected chi connectivity index (χ2v) is 4.69. The third kappa shape index (κ3) is 3.44. The van der Waals surface area contributed by atoms with E-state index in [4.69, 9.17) is 4.42 Å². The number of nitrogens with one attached hydrogen (secondary N) is 1. The van der Waals surface area contributed by atoms with Crippen LogP contribution in [0.4, 0.5) is 14.7 Å². The fourth-order valence-electron chi connectivity index (χ4n) is 1.86. The zero-order valence-corrected chi connectivity index (χ0v) is 12.0. The normalized spacial score (nSPS) is 12.3. The van der Waals surface area contributed by atoms with Crippen LogP contribution in [0, 0.1) is 0 Å². The number of aromatic nitrogens is 5. The molecule has 0 saturated carbocycles. The molecule has 0 spiro atoms. The molecule has 7 nitrogen and oxygen atoms in total. The van der Waals surface area contributed by atoms with Gasteiger partial charge >= 0.3 is 6.43 Å². The van der Waals surface area contributed by atoms with Crippen LogP contribution in [0.3, 0.4) is 0 Å². The third-order valence-electron chi connectivity index (χ3n) is 3.06. The summed E-state index contributed by atoms with van der Waals surface area (Å²) in [5.74, 6) is -0.390. The highest BCUT2D eigenvalue weighted by Gasteiger charge is 2.17. The quantitative estimate of drug-likeness (QED) is 0.773. The van der Waals surface area contributed by atoms with Crippen LogP contribution in [-0.2, 0) is 0 Å². The van der Waals surface area contributed by atoms with Gasteiger partial charge in [-0.3, -0.25) is 4.98 Å². The van der Waals surface area contributed by atoms with Gasteiger partial charge in [0.15, 0.2) is 0 Å². The van der Waals surface area contributed by atoms with E-state index in [-0.39, 0.29) is 11.9 Å². The van der Waals surface area contributed by atoms with Gasteiger partial charge in [-0.05, 0) is 18.6 Å². The average molecular weight is 318 g/mol. The molecule has 3 rings (SSSR count). The maximum absolute atomic E-state index is 12.4. The van der Waals surface area contributed by atoms with Crippen LogP contribution < -0.4 is 5.32 Å². The zero-order valence-electron chi connectivity index (χ0n) is 12.0. The van der Waals surface area contributed by atoms with Crippen LogP contribution in [0.15, 0.2) is 41.3 Å². The number of anilines is 1. The van der Waals surface area contributed by atoms with Gasteiger partial charge in [0, 0.05) is 24.8 Å². The number of rotatable bonds is 5. The Balaban J connectivity index is 1.71. The summed E-state index contributed by atoms with van der Waals surface area (Å²) in [5.41, 5.74) is 1.35. The Morgan fingerprint density at radius 1 is 1.13 bits per heavy atom. The van der Waals surface area contributed by atoms with E-state index in [2.05, 4.69) is 30.5 Å². The summed E-state index contributed by atoms with van der Waals surface area (Å²) in [5, 5.41) is 9.91. The highest BCUT2D eigenvalue weighted by atomic mass is 19.3. The third-order valence-corrected chi connectivity index (χ3v) is 3.06. The van der Waals surface area contributed by atoms with Crippen molar-refractivity contribution in [2.24, 2.45) is 0 Å². The fraction of sp³-hybridized carbons (Fsp3) is 0.214. The Bertz CT molecular complexity index is 762. The number of nitrogens with zero attached hydrogens (tertiary/aromatic N) is 5. The van der Waals surface area contributed by atoms with Crippen molar-refractivity contribution >= 4 is 5.95 Å². The minimum absolute atomic E-state index is 0.0385. The second-order valence-electron chi connectivity index (χ2n) is 4.69. The van der Waals surface area contributed by atoms with Crippen molar-refractivity contribution in [3.63, 3.8) is 0 Å². The molecule has 0 aromatic carbocycles. The topological polar surface area (TPSA) is 89.6 Å². The fourth-order valence-corrected chi connectivity index (χ4v) is 1.86. The summed E-state index contributed by atoms with van der Waals surface area (Å²) in [4.78, 5) is 12.3. The lowest BCUT2D eigenvalue weighted by Crippen LogP contribution is -2.09. The van der Waals surface area contributed by atoms with Crippen LogP contribution in [0.2, 0.25) is 0 Å². The van der Waals surface area contributed by atoms with E-state index in [0.29, 0.717) is 11.5 Å². The molecule has 1 atom stereocenters. The average Bonchev–Trinajstić information content (AvgIpc) is 3.07. The summed E-state index contributed by atoms with van der Waals surface area (Å²) >= 11 is 0. The summed E-state index contributed by atoms with van der Waals surface area (Å²) in [6.45, 7) is 1.95. The van der Waals surface area contributed by atoms with Crippen LogP contribution in [0.1, 0.15) is 30.8 Å². The lowest BCUT2D eigenvalue weighted by Gasteiger charge is -2.13. The van der Waals surface area contributed by atoms with E-state index in [1.807, 2.05) is 19.1 Å². The number of alkyl halides is 2. The van der Waals surface area contributed by atoms with Crippen molar-refractivity contribution in [1.29, 1.82) is 0 Å². The Labute approximate surface area is 129 Å². The molecule has 3 heterocycles. The first-order valence-electron chi connectivity index (χ1n) is 6.74. The largest absolute Gasteiger partial charge is 0.415 e. The van der Waals surface area contributed by atoms with Gasteiger partial charge in [0.05, 0.1) is 11.6 Å². The van der Waals surface area contributed by atoms with Gasteiger partial charge < -0.3 is 9.73 Å². The number of halogens is 2. The van der Waals surface area contributed by atoms with E-state index in [0.717, 1.165) is 5.56 Å². The molecular weight excluding hydrogens is 306 g/mol. The van der Waals surface area contributed by atoms with Crippen molar-refractivity contribution < 1.29 is 13.2 Å². The molecular formula is C14H12F2N6O. The highest BCUT2D eigenvalue weighted by molar-refractivity contribution is 5.50. The van der Waals surface area contributed by atoms with Gasteiger partial charge in [-0.15, -0.1) is 10.2 Å². The minimum Gasteiger partial charge on any atom is -0.415 e. The van der Waals surface area contributed by atoms with Crippen LogP contribution in [0.5, 0.6) is 0 Å². The van der Waals surface area contributed by atoms with E-state index in [1.165, 1.54) is 12.4 Å². The molecule has 118 valence electrons. The Hall–Kier alpha value is -2.97. The Kier molecular flexibility index (Phi) is 4.18. The van der Waals surface area contributed by atoms with Crippen LogP contribution >= 0.6 is 0 Å². The number of hydrogen-bond donors (Lipinski definition) is 1. The van der Waals surface area contributed by atoms with E-state index in [1.54, 1.807) is 12.4 Å². The molecule has 0 radical (unpaired) electrons. The second kappa shape index (κ2) is 6.42. The molecule has 0 saturated heterocycles. The van der Waals surface area contributed by atoms with Crippen molar-refractivity contribution in [1.82, 2.24) is 25.1 Å². The van der Waals surface area contributed by atoms with Gasteiger partial charge in [0.25, 0.3) is 11.8 Å². The molecule has 3 aromatic heterocycles. The van der Waals surface area contributed by atoms with E-state index in [9.17, 15) is 8.78 Å².